The van der Waals surface area contributed by atoms with Crippen molar-refractivity contribution >= 4 is 32.8 Å². The number of hydrogen-bond acceptors (Lipinski definition) is 0. The molecule has 4 aromatic rings. The van der Waals surface area contributed by atoms with E-state index >= 15 is 0 Å². The fourth-order valence-corrected chi connectivity index (χ4v) is 4.32. The van der Waals surface area contributed by atoms with Gasteiger partial charge < -0.3 is 4.98 Å². The van der Waals surface area contributed by atoms with Crippen LogP contribution in [-0.2, 0) is 6.54 Å². The molecule has 2 heterocycles. The van der Waals surface area contributed by atoms with Gasteiger partial charge in [0, 0.05) is 17.4 Å². The Morgan fingerprint density at radius 2 is 1.70 bits per heavy atom. The van der Waals surface area contributed by atoms with Crippen molar-refractivity contribution in [2.75, 3.05) is 0 Å². The average Bonchev–Trinajstić information content (AvgIpc) is 3.21. The van der Waals surface area contributed by atoms with E-state index < -0.39 is 0 Å². The van der Waals surface area contributed by atoms with Gasteiger partial charge in [-0.25, -0.2) is 0 Å². The number of benzene rings is 2. The number of para-hydroxylation sites is 2. The molecule has 2 aromatic heterocycles. The molecule has 1 fully saturated rings. The van der Waals surface area contributed by atoms with Gasteiger partial charge in [-0.2, -0.15) is 4.57 Å². The second-order valence-electron chi connectivity index (χ2n) is 6.90. The van der Waals surface area contributed by atoms with Gasteiger partial charge in [0.05, 0.1) is 10.9 Å². The Labute approximate surface area is 135 Å². The maximum absolute atomic E-state index is 3.61. The van der Waals surface area contributed by atoms with Gasteiger partial charge in [0.25, 0.3) is 0 Å². The number of fused-ring (bicyclic) bond motifs is 4. The molecule has 2 nitrogen and oxygen atoms in total. The first-order valence-corrected chi connectivity index (χ1v) is 8.72. The maximum Gasteiger partial charge on any atom is 0.238 e. The SMILES string of the molecule is c1ccc2c(c1)cc1[nH]c3ccccc3c1[n+]2CC1CCCC1. The fourth-order valence-electron chi connectivity index (χ4n) is 4.32. The molecule has 0 bridgehead atoms. The molecule has 0 amide bonds. The summed E-state index contributed by atoms with van der Waals surface area (Å²) in [6.45, 7) is 1.14. The fraction of sp³-hybridized carbons (Fsp3) is 0.286. The number of hydrogen-bond donors (Lipinski definition) is 1. The number of rotatable bonds is 2. The highest BCUT2D eigenvalue weighted by Gasteiger charge is 2.25. The van der Waals surface area contributed by atoms with Crippen LogP contribution in [0, 0.1) is 5.92 Å². The van der Waals surface area contributed by atoms with E-state index in [1.807, 2.05) is 0 Å². The summed E-state index contributed by atoms with van der Waals surface area (Å²) >= 11 is 0. The molecule has 0 spiro atoms. The van der Waals surface area contributed by atoms with Gasteiger partial charge in [0.15, 0.2) is 6.54 Å². The van der Waals surface area contributed by atoms with Gasteiger partial charge in [0.1, 0.15) is 5.52 Å². The van der Waals surface area contributed by atoms with Gasteiger partial charge in [0.2, 0.25) is 11.0 Å². The molecule has 5 rings (SSSR count). The van der Waals surface area contributed by atoms with Crippen LogP contribution in [0.3, 0.4) is 0 Å². The Bertz CT molecular complexity index is 1010. The molecule has 1 N–H and O–H groups in total. The van der Waals surface area contributed by atoms with Crippen molar-refractivity contribution in [1.29, 1.82) is 0 Å². The van der Waals surface area contributed by atoms with Crippen molar-refractivity contribution in [3.05, 3.63) is 54.6 Å². The lowest BCUT2D eigenvalue weighted by atomic mass is 10.1. The quantitative estimate of drug-likeness (QED) is 0.505. The van der Waals surface area contributed by atoms with Crippen molar-refractivity contribution < 1.29 is 4.57 Å². The molecule has 1 saturated carbocycles. The van der Waals surface area contributed by atoms with Crippen molar-refractivity contribution in [3.63, 3.8) is 0 Å². The van der Waals surface area contributed by atoms with Crippen LogP contribution in [0.1, 0.15) is 25.7 Å². The van der Waals surface area contributed by atoms with E-state index in [2.05, 4.69) is 64.1 Å². The number of nitrogens with one attached hydrogen (secondary N) is 1. The summed E-state index contributed by atoms with van der Waals surface area (Å²) in [6, 6.07) is 19.8. The molecule has 0 aliphatic heterocycles. The predicted octanol–water partition coefficient (Wildman–Crippen LogP) is 4.95. The lowest BCUT2D eigenvalue weighted by Crippen LogP contribution is -2.38. The van der Waals surface area contributed by atoms with Crippen molar-refractivity contribution in [3.8, 4) is 0 Å². The molecule has 0 atom stereocenters. The summed E-state index contributed by atoms with van der Waals surface area (Å²) in [5.74, 6) is 0.822. The minimum absolute atomic E-state index is 0.822. The zero-order valence-electron chi connectivity index (χ0n) is 13.3. The van der Waals surface area contributed by atoms with E-state index in [4.69, 9.17) is 0 Å². The van der Waals surface area contributed by atoms with Crippen molar-refractivity contribution in [2.24, 2.45) is 5.92 Å². The normalized spacial score (nSPS) is 16.0. The summed E-state index contributed by atoms with van der Waals surface area (Å²) < 4.78 is 2.57. The number of pyridine rings is 1. The van der Waals surface area contributed by atoms with Gasteiger partial charge in [-0.05, 0) is 37.1 Å². The smallest absolute Gasteiger partial charge is 0.238 e. The summed E-state index contributed by atoms with van der Waals surface area (Å²) in [6.07, 6.45) is 5.54. The Kier molecular flexibility index (Phi) is 2.90. The molecule has 0 radical (unpaired) electrons. The summed E-state index contributed by atoms with van der Waals surface area (Å²) in [4.78, 5) is 3.61. The third-order valence-corrected chi connectivity index (χ3v) is 5.42. The highest BCUT2D eigenvalue weighted by molar-refractivity contribution is 6.05. The molecule has 1 aliphatic rings. The van der Waals surface area contributed by atoms with Gasteiger partial charge in [-0.3, -0.25) is 0 Å². The Hall–Kier alpha value is -2.35. The number of aromatic amines is 1. The van der Waals surface area contributed by atoms with Crippen LogP contribution < -0.4 is 4.57 Å². The van der Waals surface area contributed by atoms with E-state index in [1.165, 1.54) is 58.5 Å². The van der Waals surface area contributed by atoms with E-state index in [1.54, 1.807) is 0 Å². The van der Waals surface area contributed by atoms with E-state index in [-0.39, 0.29) is 0 Å². The minimum Gasteiger partial charge on any atom is -0.349 e. The molecule has 1 aliphatic carbocycles. The second kappa shape index (κ2) is 5.09. The third-order valence-electron chi connectivity index (χ3n) is 5.42. The van der Waals surface area contributed by atoms with Crippen molar-refractivity contribution in [2.45, 2.75) is 32.2 Å². The third kappa shape index (κ3) is 2.05. The van der Waals surface area contributed by atoms with E-state index in [0.29, 0.717) is 0 Å². The highest BCUT2D eigenvalue weighted by atomic mass is 15.0. The highest BCUT2D eigenvalue weighted by Crippen LogP contribution is 2.29. The lowest BCUT2D eigenvalue weighted by Gasteiger charge is -2.08. The molecule has 0 saturated heterocycles. The van der Waals surface area contributed by atoms with E-state index in [0.717, 1.165) is 12.5 Å². The Balaban J connectivity index is 1.87. The van der Waals surface area contributed by atoms with Gasteiger partial charge >= 0.3 is 0 Å². The molecule has 2 aromatic carbocycles. The molecule has 2 heteroatoms. The first-order valence-electron chi connectivity index (χ1n) is 8.72. The van der Waals surface area contributed by atoms with Crippen LogP contribution in [0.15, 0.2) is 54.6 Å². The zero-order valence-corrected chi connectivity index (χ0v) is 13.3. The predicted molar refractivity (Wildman–Crippen MR) is 95.5 cm³/mol. The number of nitrogens with zero attached hydrogens (tertiary/aromatic N) is 1. The largest absolute Gasteiger partial charge is 0.349 e. The minimum atomic E-state index is 0.822. The van der Waals surface area contributed by atoms with Crippen molar-refractivity contribution in [1.82, 2.24) is 4.98 Å². The van der Waals surface area contributed by atoms with Gasteiger partial charge in [-0.1, -0.05) is 37.1 Å². The molecule has 114 valence electrons. The zero-order chi connectivity index (χ0) is 15.2. The topological polar surface area (TPSA) is 19.7 Å². The summed E-state index contributed by atoms with van der Waals surface area (Å²) in [7, 11) is 0. The number of aromatic nitrogens is 2. The molecule has 0 unspecified atom stereocenters. The van der Waals surface area contributed by atoms with E-state index in [9.17, 15) is 0 Å². The van der Waals surface area contributed by atoms with Crippen LogP contribution in [-0.4, -0.2) is 4.98 Å². The Morgan fingerprint density at radius 1 is 0.913 bits per heavy atom. The first kappa shape index (κ1) is 13.1. The molecule has 23 heavy (non-hydrogen) atoms. The van der Waals surface area contributed by atoms with Crippen LogP contribution >= 0.6 is 0 Å². The lowest BCUT2D eigenvalue weighted by molar-refractivity contribution is -0.651. The van der Waals surface area contributed by atoms with Crippen LogP contribution in [0.5, 0.6) is 0 Å². The summed E-state index contributed by atoms with van der Waals surface area (Å²) in [5.41, 5.74) is 5.21. The molecular formula is C21H21N2+. The second-order valence-corrected chi connectivity index (χ2v) is 6.90. The van der Waals surface area contributed by atoms with Crippen LogP contribution in [0.4, 0.5) is 0 Å². The maximum atomic E-state index is 3.61. The van der Waals surface area contributed by atoms with Gasteiger partial charge in [-0.15, -0.1) is 0 Å². The van der Waals surface area contributed by atoms with Crippen LogP contribution in [0.25, 0.3) is 32.8 Å². The average molecular weight is 301 g/mol. The monoisotopic (exact) mass is 301 g/mol. The first-order chi connectivity index (χ1) is 11.4. The Morgan fingerprint density at radius 3 is 2.61 bits per heavy atom. The number of H-pyrrole nitrogens is 1. The summed E-state index contributed by atoms with van der Waals surface area (Å²) in [5, 5.41) is 2.66. The standard InChI is InChI=1S/C21H20N2/c1-2-8-15(7-1)14-23-20-12-6-3-9-16(20)13-19-21(23)17-10-4-5-11-18(17)22-19/h3-6,9-13,15H,1-2,7-8,14H2/p+1. The van der Waals surface area contributed by atoms with Crippen LogP contribution in [0.2, 0.25) is 0 Å². The molecular weight excluding hydrogens is 280 g/mol.